The van der Waals surface area contributed by atoms with Gasteiger partial charge in [-0.05, 0) is 43.0 Å². The maximum atomic E-state index is 13.3. The van der Waals surface area contributed by atoms with Gasteiger partial charge in [-0.2, -0.15) is 5.10 Å². The van der Waals surface area contributed by atoms with Crippen LogP contribution in [0.3, 0.4) is 0 Å². The maximum Gasteiger partial charge on any atom is 0.282 e. The Bertz CT molecular complexity index is 1070. The molecule has 0 aliphatic carbocycles. The van der Waals surface area contributed by atoms with Crippen molar-refractivity contribution in [3.05, 3.63) is 59.8 Å². The first-order chi connectivity index (χ1) is 12.6. The van der Waals surface area contributed by atoms with Crippen molar-refractivity contribution >= 4 is 33.3 Å². The molecule has 0 unspecified atom stereocenters. The average Bonchev–Trinajstić information content (AvgIpc) is 3.27. The fraction of sp³-hybridized carbons (Fsp3) is 0.158. The molecule has 0 bridgehead atoms. The number of hydrogen-bond acceptors (Lipinski definition) is 4. The number of alkyl halides is 2. The van der Waals surface area contributed by atoms with E-state index in [2.05, 4.69) is 10.1 Å². The molecular weight excluding hydrogens is 372 g/mol. The molecule has 0 atom stereocenters. The van der Waals surface area contributed by atoms with Crippen LogP contribution < -0.4 is 0 Å². The predicted molar refractivity (Wildman–Crippen MR) is 104 cm³/mol. The molecule has 0 spiro atoms. The van der Waals surface area contributed by atoms with Crippen molar-refractivity contribution in [1.82, 2.24) is 14.8 Å². The lowest BCUT2D eigenvalue weighted by atomic mass is 10.1. The maximum absolute atomic E-state index is 13.3. The molecule has 26 heavy (non-hydrogen) atoms. The Labute approximate surface area is 157 Å². The Balaban J connectivity index is 1.89. The summed E-state index contributed by atoms with van der Waals surface area (Å²) in [4.78, 5) is 5.76. The lowest BCUT2D eigenvalue weighted by Crippen LogP contribution is -1.99. The second-order valence-corrected chi connectivity index (χ2v) is 7.70. The number of fused-ring (bicyclic) bond motifs is 1. The van der Waals surface area contributed by atoms with E-state index in [4.69, 9.17) is 0 Å². The number of rotatable bonds is 4. The van der Waals surface area contributed by atoms with Gasteiger partial charge >= 0.3 is 0 Å². The molecule has 0 radical (unpaired) electrons. The van der Waals surface area contributed by atoms with Crippen molar-refractivity contribution in [3.8, 4) is 16.4 Å². The van der Waals surface area contributed by atoms with E-state index >= 15 is 0 Å². The summed E-state index contributed by atoms with van der Waals surface area (Å²) in [6.45, 7) is 1.99. The number of nitrogens with zero attached hydrogens (tertiary/aromatic N) is 3. The van der Waals surface area contributed by atoms with Crippen molar-refractivity contribution in [2.24, 2.45) is 0 Å². The van der Waals surface area contributed by atoms with Crippen molar-refractivity contribution in [1.29, 1.82) is 0 Å². The summed E-state index contributed by atoms with van der Waals surface area (Å²) in [7, 11) is 0. The van der Waals surface area contributed by atoms with Crippen molar-refractivity contribution < 1.29 is 8.78 Å². The van der Waals surface area contributed by atoms with Gasteiger partial charge in [0.05, 0.1) is 15.9 Å². The Kier molecular flexibility index (Phi) is 4.50. The SMILES string of the molecule is CSc1ccc(-c2cc(C(F)F)nn2-c2nc3c(C)cccc3s2)cc1. The largest absolute Gasteiger partial charge is 0.282 e. The van der Waals surface area contributed by atoms with E-state index in [-0.39, 0.29) is 5.69 Å². The lowest BCUT2D eigenvalue weighted by Gasteiger charge is -2.05. The molecule has 4 rings (SSSR count). The van der Waals surface area contributed by atoms with Crippen LogP contribution in [-0.2, 0) is 0 Å². The van der Waals surface area contributed by atoms with Gasteiger partial charge in [0.1, 0.15) is 5.69 Å². The highest BCUT2D eigenvalue weighted by Gasteiger charge is 2.20. The first kappa shape index (κ1) is 17.2. The minimum atomic E-state index is -2.63. The number of aryl methyl sites for hydroxylation is 1. The zero-order valence-corrected chi connectivity index (χ0v) is 15.7. The minimum Gasteiger partial charge on any atom is -0.218 e. The van der Waals surface area contributed by atoms with Crippen LogP contribution >= 0.6 is 23.1 Å². The van der Waals surface area contributed by atoms with Gasteiger partial charge in [0.2, 0.25) is 5.13 Å². The van der Waals surface area contributed by atoms with Gasteiger partial charge in [0.15, 0.2) is 0 Å². The molecule has 2 heterocycles. The highest BCUT2D eigenvalue weighted by molar-refractivity contribution is 7.98. The molecule has 0 aliphatic heterocycles. The number of hydrogen-bond donors (Lipinski definition) is 0. The molecule has 3 nitrogen and oxygen atoms in total. The normalized spacial score (nSPS) is 11.6. The molecule has 2 aromatic carbocycles. The summed E-state index contributed by atoms with van der Waals surface area (Å²) >= 11 is 3.08. The fourth-order valence-corrected chi connectivity index (χ4v) is 4.20. The number of para-hydroxylation sites is 1. The summed E-state index contributed by atoms with van der Waals surface area (Å²) in [6, 6.07) is 15.2. The van der Waals surface area contributed by atoms with E-state index in [1.807, 2.05) is 55.6 Å². The molecule has 0 saturated carbocycles. The van der Waals surface area contributed by atoms with Crippen molar-refractivity contribution in [2.75, 3.05) is 6.26 Å². The van der Waals surface area contributed by atoms with Crippen LogP contribution in [0.1, 0.15) is 17.7 Å². The third-order valence-corrected chi connectivity index (χ3v) is 5.87. The van der Waals surface area contributed by atoms with Crippen LogP contribution in [0.4, 0.5) is 8.78 Å². The third-order valence-electron chi connectivity index (χ3n) is 4.13. The summed E-state index contributed by atoms with van der Waals surface area (Å²) in [5.74, 6) is 0. The van der Waals surface area contributed by atoms with Gasteiger partial charge in [0.25, 0.3) is 6.43 Å². The lowest BCUT2D eigenvalue weighted by molar-refractivity contribution is 0.145. The fourth-order valence-electron chi connectivity index (χ4n) is 2.78. The summed E-state index contributed by atoms with van der Waals surface area (Å²) < 4.78 is 29.1. The van der Waals surface area contributed by atoms with E-state index < -0.39 is 6.43 Å². The van der Waals surface area contributed by atoms with Gasteiger partial charge in [-0.1, -0.05) is 35.6 Å². The zero-order valence-electron chi connectivity index (χ0n) is 14.1. The Hall–Kier alpha value is -2.25. The number of halogens is 2. The highest BCUT2D eigenvalue weighted by atomic mass is 32.2. The van der Waals surface area contributed by atoms with E-state index in [1.165, 1.54) is 22.1 Å². The second kappa shape index (κ2) is 6.81. The standard InChI is InChI=1S/C19H15F2N3S2/c1-11-4-3-5-16-17(11)22-19(26-16)24-15(10-14(23-24)18(20)21)12-6-8-13(25-2)9-7-12/h3-10,18H,1-2H3. The van der Waals surface area contributed by atoms with Crippen LogP contribution in [0.15, 0.2) is 53.4 Å². The van der Waals surface area contributed by atoms with Gasteiger partial charge in [-0.3, -0.25) is 0 Å². The summed E-state index contributed by atoms with van der Waals surface area (Å²) in [5.41, 5.74) is 3.13. The molecule has 0 saturated heterocycles. The number of benzene rings is 2. The number of thiazole rings is 1. The molecule has 0 fully saturated rings. The third kappa shape index (κ3) is 3.01. The van der Waals surface area contributed by atoms with Crippen LogP contribution in [0.25, 0.3) is 26.6 Å². The summed E-state index contributed by atoms with van der Waals surface area (Å²) in [5, 5.41) is 4.72. The zero-order chi connectivity index (χ0) is 18.3. The molecule has 132 valence electrons. The van der Waals surface area contributed by atoms with E-state index in [0.29, 0.717) is 10.8 Å². The Morgan fingerprint density at radius 1 is 1.12 bits per heavy atom. The smallest absolute Gasteiger partial charge is 0.218 e. The molecule has 4 aromatic rings. The first-order valence-corrected chi connectivity index (χ1v) is 10.00. The highest BCUT2D eigenvalue weighted by Crippen LogP contribution is 2.33. The molecule has 7 heteroatoms. The van der Waals surface area contributed by atoms with E-state index in [0.717, 1.165) is 26.2 Å². The van der Waals surface area contributed by atoms with Gasteiger partial charge in [-0.25, -0.2) is 18.4 Å². The predicted octanol–water partition coefficient (Wildman–Crippen LogP) is 6.12. The van der Waals surface area contributed by atoms with Crippen LogP contribution in [0.5, 0.6) is 0 Å². The van der Waals surface area contributed by atoms with Crippen molar-refractivity contribution in [3.63, 3.8) is 0 Å². The average molecular weight is 387 g/mol. The van der Waals surface area contributed by atoms with Gasteiger partial charge < -0.3 is 0 Å². The minimum absolute atomic E-state index is 0.245. The molecule has 0 amide bonds. The van der Waals surface area contributed by atoms with E-state index in [1.54, 1.807) is 11.8 Å². The quantitative estimate of drug-likeness (QED) is 0.395. The van der Waals surface area contributed by atoms with Crippen LogP contribution in [0.2, 0.25) is 0 Å². The first-order valence-electron chi connectivity index (χ1n) is 7.96. The molecular formula is C19H15F2N3S2. The van der Waals surface area contributed by atoms with Crippen LogP contribution in [0, 0.1) is 6.92 Å². The Morgan fingerprint density at radius 2 is 1.88 bits per heavy atom. The van der Waals surface area contributed by atoms with E-state index in [9.17, 15) is 8.78 Å². The number of thioether (sulfide) groups is 1. The summed E-state index contributed by atoms with van der Waals surface area (Å²) in [6.07, 6.45) is -0.631. The second-order valence-electron chi connectivity index (χ2n) is 5.81. The molecule has 0 N–H and O–H groups in total. The Morgan fingerprint density at radius 3 is 2.54 bits per heavy atom. The number of aromatic nitrogens is 3. The van der Waals surface area contributed by atoms with Crippen LogP contribution in [-0.4, -0.2) is 21.0 Å². The topological polar surface area (TPSA) is 30.7 Å². The molecule has 2 aromatic heterocycles. The van der Waals surface area contributed by atoms with Gasteiger partial charge in [-0.15, -0.1) is 11.8 Å². The monoisotopic (exact) mass is 387 g/mol. The van der Waals surface area contributed by atoms with Crippen molar-refractivity contribution in [2.45, 2.75) is 18.2 Å². The van der Waals surface area contributed by atoms with Gasteiger partial charge in [0, 0.05) is 10.5 Å². The molecule has 0 aliphatic rings.